The number of carboxylic acid groups (broad SMARTS) is 1. The second-order valence-corrected chi connectivity index (χ2v) is 5.96. The standard InChI is InChI=1S/C16H20FNO3/c1-11-4-5-13(17)12(8-11)10-18(2)14(19)9-16(15(20)21)6-3-7-16/h4-5,8H,3,6-7,9-10H2,1-2H3,(H,20,21). The SMILES string of the molecule is Cc1ccc(F)c(CN(C)C(=O)CC2(C(=O)O)CCC2)c1. The lowest BCUT2D eigenvalue weighted by Crippen LogP contribution is -2.42. The molecular formula is C16H20FNO3. The van der Waals surface area contributed by atoms with Crippen LogP contribution in [0, 0.1) is 18.2 Å². The van der Waals surface area contributed by atoms with Crippen LogP contribution in [0.2, 0.25) is 0 Å². The number of halogens is 1. The van der Waals surface area contributed by atoms with Crippen molar-refractivity contribution in [1.29, 1.82) is 0 Å². The van der Waals surface area contributed by atoms with E-state index in [1.807, 2.05) is 6.92 Å². The number of carbonyl (C=O) groups is 2. The van der Waals surface area contributed by atoms with Gasteiger partial charge in [-0.1, -0.05) is 24.1 Å². The van der Waals surface area contributed by atoms with Gasteiger partial charge in [0.05, 0.1) is 5.41 Å². The summed E-state index contributed by atoms with van der Waals surface area (Å²) in [6.07, 6.45) is 1.92. The Balaban J connectivity index is 2.03. The average molecular weight is 293 g/mol. The number of nitrogens with zero attached hydrogens (tertiary/aromatic N) is 1. The number of amides is 1. The Bertz CT molecular complexity index is 567. The third-order valence-corrected chi connectivity index (χ3v) is 4.29. The zero-order valence-corrected chi connectivity index (χ0v) is 12.4. The zero-order valence-electron chi connectivity index (χ0n) is 12.4. The van der Waals surface area contributed by atoms with Gasteiger partial charge >= 0.3 is 5.97 Å². The molecule has 21 heavy (non-hydrogen) atoms. The predicted molar refractivity (Wildman–Crippen MR) is 76.1 cm³/mol. The molecule has 1 aromatic carbocycles. The number of aliphatic carboxylic acids is 1. The molecule has 1 N–H and O–H groups in total. The largest absolute Gasteiger partial charge is 0.481 e. The van der Waals surface area contributed by atoms with Crippen molar-refractivity contribution in [1.82, 2.24) is 4.90 Å². The van der Waals surface area contributed by atoms with Crippen molar-refractivity contribution in [3.63, 3.8) is 0 Å². The first-order chi connectivity index (χ1) is 9.84. The maximum absolute atomic E-state index is 13.7. The van der Waals surface area contributed by atoms with Crippen LogP contribution in [0.15, 0.2) is 18.2 Å². The lowest BCUT2D eigenvalue weighted by atomic mass is 9.66. The monoisotopic (exact) mass is 293 g/mol. The number of hydrogen-bond donors (Lipinski definition) is 1. The van der Waals surface area contributed by atoms with Gasteiger partial charge in [-0.3, -0.25) is 9.59 Å². The van der Waals surface area contributed by atoms with Gasteiger partial charge in [0.2, 0.25) is 5.91 Å². The van der Waals surface area contributed by atoms with Crippen LogP contribution in [0.3, 0.4) is 0 Å². The third kappa shape index (κ3) is 3.23. The molecular weight excluding hydrogens is 273 g/mol. The molecule has 0 atom stereocenters. The normalized spacial score (nSPS) is 16.1. The Morgan fingerprint density at radius 3 is 2.57 bits per heavy atom. The Morgan fingerprint density at radius 1 is 1.38 bits per heavy atom. The van der Waals surface area contributed by atoms with Crippen molar-refractivity contribution in [3.8, 4) is 0 Å². The summed E-state index contributed by atoms with van der Waals surface area (Å²) >= 11 is 0. The summed E-state index contributed by atoms with van der Waals surface area (Å²) in [5, 5.41) is 9.25. The van der Waals surface area contributed by atoms with Gasteiger partial charge in [0.25, 0.3) is 0 Å². The molecule has 5 heteroatoms. The molecule has 0 spiro atoms. The van der Waals surface area contributed by atoms with E-state index in [4.69, 9.17) is 0 Å². The summed E-state index contributed by atoms with van der Waals surface area (Å²) in [7, 11) is 1.58. The van der Waals surface area contributed by atoms with Crippen molar-refractivity contribution in [2.45, 2.75) is 39.2 Å². The summed E-state index contributed by atoms with van der Waals surface area (Å²) in [5.74, 6) is -1.51. The highest BCUT2D eigenvalue weighted by molar-refractivity contribution is 5.85. The Labute approximate surface area is 123 Å². The van der Waals surface area contributed by atoms with Crippen molar-refractivity contribution in [3.05, 3.63) is 35.1 Å². The highest BCUT2D eigenvalue weighted by atomic mass is 19.1. The highest BCUT2D eigenvalue weighted by Gasteiger charge is 2.46. The highest BCUT2D eigenvalue weighted by Crippen LogP contribution is 2.44. The molecule has 4 nitrogen and oxygen atoms in total. The van der Waals surface area contributed by atoms with E-state index < -0.39 is 11.4 Å². The molecule has 0 heterocycles. The van der Waals surface area contributed by atoms with Gasteiger partial charge in [-0.05, 0) is 25.8 Å². The van der Waals surface area contributed by atoms with Gasteiger partial charge in [-0.25, -0.2) is 4.39 Å². The van der Waals surface area contributed by atoms with Crippen LogP contribution in [-0.2, 0) is 16.1 Å². The van der Waals surface area contributed by atoms with Crippen LogP contribution >= 0.6 is 0 Å². The lowest BCUT2D eigenvalue weighted by Gasteiger charge is -2.38. The molecule has 0 unspecified atom stereocenters. The molecule has 0 aromatic heterocycles. The predicted octanol–water partition coefficient (Wildman–Crippen LogP) is 2.74. The fourth-order valence-electron chi connectivity index (χ4n) is 2.66. The van der Waals surface area contributed by atoms with Crippen molar-refractivity contribution >= 4 is 11.9 Å². The number of carboxylic acids is 1. The fraction of sp³-hybridized carbons (Fsp3) is 0.500. The second-order valence-electron chi connectivity index (χ2n) is 5.96. The summed E-state index contributed by atoms with van der Waals surface area (Å²) in [6, 6.07) is 4.76. The molecule has 0 radical (unpaired) electrons. The minimum Gasteiger partial charge on any atom is -0.481 e. The maximum Gasteiger partial charge on any atom is 0.310 e. The van der Waals surface area contributed by atoms with E-state index >= 15 is 0 Å². The summed E-state index contributed by atoms with van der Waals surface area (Å²) in [6.45, 7) is 2.01. The van der Waals surface area contributed by atoms with Crippen LogP contribution in [0.25, 0.3) is 0 Å². The molecule has 1 fully saturated rings. The van der Waals surface area contributed by atoms with Crippen LogP contribution < -0.4 is 0 Å². The maximum atomic E-state index is 13.7. The van der Waals surface area contributed by atoms with E-state index in [-0.39, 0.29) is 24.7 Å². The Kier molecular flexibility index (Phi) is 4.30. The van der Waals surface area contributed by atoms with E-state index in [0.717, 1.165) is 12.0 Å². The molecule has 1 aliphatic rings. The van der Waals surface area contributed by atoms with Crippen molar-refractivity contribution in [2.75, 3.05) is 7.05 Å². The molecule has 2 rings (SSSR count). The molecule has 1 amide bonds. The minimum atomic E-state index is -0.906. The fourth-order valence-corrected chi connectivity index (χ4v) is 2.66. The van der Waals surface area contributed by atoms with E-state index in [1.165, 1.54) is 11.0 Å². The average Bonchev–Trinajstić information content (AvgIpc) is 2.37. The Hall–Kier alpha value is -1.91. The van der Waals surface area contributed by atoms with Crippen molar-refractivity contribution in [2.24, 2.45) is 5.41 Å². The quantitative estimate of drug-likeness (QED) is 0.908. The zero-order chi connectivity index (χ0) is 15.6. The molecule has 1 aromatic rings. The lowest BCUT2D eigenvalue weighted by molar-refractivity contribution is -0.159. The van der Waals surface area contributed by atoms with Gasteiger partial charge in [0.15, 0.2) is 0 Å². The van der Waals surface area contributed by atoms with Crippen LogP contribution in [0.1, 0.15) is 36.8 Å². The number of rotatable bonds is 5. The number of benzene rings is 1. The summed E-state index contributed by atoms with van der Waals surface area (Å²) < 4.78 is 13.7. The number of aryl methyl sites for hydroxylation is 1. The molecule has 0 aliphatic heterocycles. The molecule has 1 saturated carbocycles. The minimum absolute atomic E-state index is 0.00767. The summed E-state index contributed by atoms with van der Waals surface area (Å²) in [4.78, 5) is 24.9. The number of carbonyl (C=O) groups excluding carboxylic acids is 1. The van der Waals surface area contributed by atoms with Crippen molar-refractivity contribution < 1.29 is 19.1 Å². The Morgan fingerprint density at radius 2 is 2.05 bits per heavy atom. The molecule has 1 aliphatic carbocycles. The van der Waals surface area contributed by atoms with Gasteiger partial charge in [0.1, 0.15) is 5.82 Å². The molecule has 0 saturated heterocycles. The topological polar surface area (TPSA) is 57.6 Å². The molecule has 0 bridgehead atoms. The third-order valence-electron chi connectivity index (χ3n) is 4.29. The van der Waals surface area contributed by atoms with E-state index in [2.05, 4.69) is 0 Å². The van der Waals surface area contributed by atoms with E-state index in [9.17, 15) is 19.1 Å². The van der Waals surface area contributed by atoms with Gasteiger partial charge in [-0.15, -0.1) is 0 Å². The molecule has 114 valence electrons. The van der Waals surface area contributed by atoms with Gasteiger partial charge in [-0.2, -0.15) is 0 Å². The summed E-state index contributed by atoms with van der Waals surface area (Å²) in [5.41, 5.74) is 0.466. The van der Waals surface area contributed by atoms with Gasteiger partial charge < -0.3 is 10.0 Å². The van der Waals surface area contributed by atoms with Gasteiger partial charge in [0, 0.05) is 25.6 Å². The van der Waals surface area contributed by atoms with E-state index in [0.29, 0.717) is 18.4 Å². The second kappa shape index (κ2) is 5.84. The first kappa shape index (κ1) is 15.5. The first-order valence-electron chi connectivity index (χ1n) is 7.06. The number of hydrogen-bond acceptors (Lipinski definition) is 2. The first-order valence-corrected chi connectivity index (χ1v) is 7.06. The van der Waals surface area contributed by atoms with Crippen LogP contribution in [0.4, 0.5) is 4.39 Å². The van der Waals surface area contributed by atoms with Crippen LogP contribution in [0.5, 0.6) is 0 Å². The smallest absolute Gasteiger partial charge is 0.310 e. The van der Waals surface area contributed by atoms with E-state index in [1.54, 1.807) is 19.2 Å². The van der Waals surface area contributed by atoms with Crippen LogP contribution in [-0.4, -0.2) is 28.9 Å².